The average Bonchev–Trinajstić information content (AvgIpc) is 2.47. The van der Waals surface area contributed by atoms with Gasteiger partial charge in [-0.25, -0.2) is 9.97 Å². The van der Waals surface area contributed by atoms with Crippen LogP contribution in [0.25, 0.3) is 0 Å². The molecule has 0 saturated carbocycles. The van der Waals surface area contributed by atoms with Gasteiger partial charge in [0.25, 0.3) is 5.91 Å². The number of hydrogen-bond donors (Lipinski definition) is 2. The third-order valence-electron chi connectivity index (χ3n) is 2.98. The van der Waals surface area contributed by atoms with Gasteiger partial charge in [-0.05, 0) is 31.9 Å². The molecule has 0 unspecified atom stereocenters. The first-order valence-corrected chi connectivity index (χ1v) is 7.08. The van der Waals surface area contributed by atoms with Crippen molar-refractivity contribution >= 4 is 17.4 Å². The lowest BCUT2D eigenvalue weighted by Gasteiger charge is -2.11. The van der Waals surface area contributed by atoms with E-state index in [-0.39, 0.29) is 11.9 Å². The number of amides is 1. The number of carbonyl (C=O) groups excluding carboxylic acids is 1. The summed E-state index contributed by atoms with van der Waals surface area (Å²) in [5.41, 5.74) is 2.55. The first kappa shape index (κ1) is 15.0. The molecule has 0 saturated heterocycles. The number of hydrogen-bond acceptors (Lipinski definition) is 4. The van der Waals surface area contributed by atoms with Crippen molar-refractivity contribution in [1.82, 2.24) is 15.3 Å². The minimum atomic E-state index is -0.195. The van der Waals surface area contributed by atoms with Gasteiger partial charge in [0.15, 0.2) is 0 Å². The number of nitrogens with zero attached hydrogens (tertiary/aromatic N) is 2. The first-order valence-electron chi connectivity index (χ1n) is 7.08. The SMILES string of the molecule is CCc1ccccc1Nc1cc(C(=O)NC(C)C)ncn1. The normalized spacial score (nSPS) is 10.5. The molecule has 0 aliphatic heterocycles. The molecule has 1 aromatic heterocycles. The summed E-state index contributed by atoms with van der Waals surface area (Å²) in [7, 11) is 0. The van der Waals surface area contributed by atoms with Gasteiger partial charge in [-0.3, -0.25) is 4.79 Å². The highest BCUT2D eigenvalue weighted by Crippen LogP contribution is 2.19. The minimum Gasteiger partial charge on any atom is -0.349 e. The fourth-order valence-electron chi connectivity index (χ4n) is 1.97. The van der Waals surface area contributed by atoms with Crippen molar-refractivity contribution in [3.63, 3.8) is 0 Å². The molecule has 0 aliphatic rings. The van der Waals surface area contributed by atoms with Crippen molar-refractivity contribution < 1.29 is 4.79 Å². The lowest BCUT2D eigenvalue weighted by molar-refractivity contribution is 0.0938. The lowest BCUT2D eigenvalue weighted by Crippen LogP contribution is -2.30. The van der Waals surface area contributed by atoms with Gasteiger partial charge in [0, 0.05) is 17.8 Å². The largest absolute Gasteiger partial charge is 0.349 e. The molecule has 0 atom stereocenters. The number of nitrogens with one attached hydrogen (secondary N) is 2. The number of carbonyl (C=O) groups is 1. The van der Waals surface area contributed by atoms with Crippen molar-refractivity contribution in [2.24, 2.45) is 0 Å². The van der Waals surface area contributed by atoms with Crippen LogP contribution in [-0.4, -0.2) is 21.9 Å². The first-order chi connectivity index (χ1) is 10.1. The zero-order chi connectivity index (χ0) is 15.2. The van der Waals surface area contributed by atoms with E-state index < -0.39 is 0 Å². The number of aromatic nitrogens is 2. The van der Waals surface area contributed by atoms with Crippen LogP contribution in [0.5, 0.6) is 0 Å². The molecule has 0 aliphatic carbocycles. The molecule has 0 bridgehead atoms. The van der Waals surface area contributed by atoms with Crippen molar-refractivity contribution in [3.8, 4) is 0 Å². The van der Waals surface area contributed by atoms with Gasteiger partial charge in [-0.2, -0.15) is 0 Å². The quantitative estimate of drug-likeness (QED) is 0.886. The van der Waals surface area contributed by atoms with Crippen molar-refractivity contribution in [1.29, 1.82) is 0 Å². The van der Waals surface area contributed by atoms with Gasteiger partial charge in [0.2, 0.25) is 0 Å². The molecule has 2 aromatic rings. The summed E-state index contributed by atoms with van der Waals surface area (Å²) in [5, 5.41) is 6.06. The van der Waals surface area contributed by atoms with E-state index in [4.69, 9.17) is 0 Å². The molecule has 1 aromatic carbocycles. The Morgan fingerprint density at radius 1 is 1.24 bits per heavy atom. The summed E-state index contributed by atoms with van der Waals surface area (Å²) in [5.74, 6) is 0.416. The van der Waals surface area contributed by atoms with E-state index in [1.165, 1.54) is 11.9 Å². The van der Waals surface area contributed by atoms with E-state index in [9.17, 15) is 4.79 Å². The molecule has 1 heterocycles. The standard InChI is InChI=1S/C16H20N4O/c1-4-12-7-5-6-8-13(12)20-15-9-14(17-10-18-15)16(21)19-11(2)3/h5-11H,4H2,1-3H3,(H,19,21)(H,17,18,20). The van der Waals surface area contributed by atoms with Gasteiger partial charge in [0.05, 0.1) is 0 Å². The van der Waals surface area contributed by atoms with Crippen molar-refractivity contribution in [3.05, 3.63) is 47.9 Å². The third-order valence-corrected chi connectivity index (χ3v) is 2.98. The van der Waals surface area contributed by atoms with E-state index >= 15 is 0 Å². The van der Waals surface area contributed by atoms with Crippen LogP contribution in [0.4, 0.5) is 11.5 Å². The summed E-state index contributed by atoms with van der Waals surface area (Å²) in [6.45, 7) is 5.92. The highest BCUT2D eigenvalue weighted by Gasteiger charge is 2.10. The maximum atomic E-state index is 12.0. The number of para-hydroxylation sites is 1. The van der Waals surface area contributed by atoms with E-state index in [2.05, 4.69) is 33.6 Å². The van der Waals surface area contributed by atoms with Gasteiger partial charge >= 0.3 is 0 Å². The smallest absolute Gasteiger partial charge is 0.270 e. The Kier molecular flexibility index (Phi) is 4.87. The van der Waals surface area contributed by atoms with Crippen LogP contribution >= 0.6 is 0 Å². The predicted molar refractivity (Wildman–Crippen MR) is 83.7 cm³/mol. The number of benzene rings is 1. The molecule has 5 heteroatoms. The van der Waals surface area contributed by atoms with Gasteiger partial charge in [0.1, 0.15) is 17.8 Å². The molecular weight excluding hydrogens is 264 g/mol. The molecule has 0 radical (unpaired) electrons. The predicted octanol–water partition coefficient (Wildman–Crippen LogP) is 2.92. The van der Waals surface area contributed by atoms with E-state index in [0.29, 0.717) is 11.5 Å². The third kappa shape index (κ3) is 4.02. The summed E-state index contributed by atoms with van der Waals surface area (Å²) >= 11 is 0. The van der Waals surface area contributed by atoms with E-state index in [0.717, 1.165) is 12.1 Å². The topological polar surface area (TPSA) is 66.9 Å². The Balaban J connectivity index is 2.20. The van der Waals surface area contributed by atoms with Crippen molar-refractivity contribution in [2.75, 3.05) is 5.32 Å². The second-order valence-electron chi connectivity index (χ2n) is 5.05. The molecule has 0 spiro atoms. The van der Waals surface area contributed by atoms with Crippen LogP contribution in [0.1, 0.15) is 36.8 Å². The van der Waals surface area contributed by atoms with Crippen LogP contribution in [-0.2, 0) is 6.42 Å². The fourth-order valence-corrected chi connectivity index (χ4v) is 1.97. The summed E-state index contributed by atoms with van der Waals surface area (Å²) in [6, 6.07) is 9.76. The summed E-state index contributed by atoms with van der Waals surface area (Å²) in [6.07, 6.45) is 2.32. The van der Waals surface area contributed by atoms with Gasteiger partial charge in [-0.15, -0.1) is 0 Å². The molecule has 1 amide bonds. The average molecular weight is 284 g/mol. The Bertz CT molecular complexity index is 625. The highest BCUT2D eigenvalue weighted by molar-refractivity contribution is 5.93. The molecular formula is C16H20N4O. The van der Waals surface area contributed by atoms with Crippen LogP contribution in [0, 0.1) is 0 Å². The summed E-state index contributed by atoms with van der Waals surface area (Å²) < 4.78 is 0. The molecule has 2 rings (SSSR count). The minimum absolute atomic E-state index is 0.0738. The Morgan fingerprint density at radius 2 is 2.00 bits per heavy atom. The zero-order valence-electron chi connectivity index (χ0n) is 12.6. The lowest BCUT2D eigenvalue weighted by atomic mass is 10.1. The maximum Gasteiger partial charge on any atom is 0.270 e. The second-order valence-corrected chi connectivity index (χ2v) is 5.05. The van der Waals surface area contributed by atoms with Crippen LogP contribution in [0.15, 0.2) is 36.7 Å². The molecule has 110 valence electrons. The summed E-state index contributed by atoms with van der Waals surface area (Å²) in [4.78, 5) is 20.1. The van der Waals surface area contributed by atoms with E-state index in [1.54, 1.807) is 6.07 Å². The Labute approximate surface area is 124 Å². The van der Waals surface area contributed by atoms with Gasteiger partial charge in [-0.1, -0.05) is 25.1 Å². The Morgan fingerprint density at radius 3 is 2.71 bits per heavy atom. The molecule has 5 nitrogen and oxygen atoms in total. The second kappa shape index (κ2) is 6.83. The van der Waals surface area contributed by atoms with Crippen LogP contribution in [0.2, 0.25) is 0 Å². The maximum absolute atomic E-state index is 12.0. The van der Waals surface area contributed by atoms with E-state index in [1.807, 2.05) is 32.0 Å². The fraction of sp³-hybridized carbons (Fsp3) is 0.312. The molecule has 21 heavy (non-hydrogen) atoms. The Hall–Kier alpha value is -2.43. The van der Waals surface area contributed by atoms with Gasteiger partial charge < -0.3 is 10.6 Å². The highest BCUT2D eigenvalue weighted by atomic mass is 16.1. The molecule has 2 N–H and O–H groups in total. The van der Waals surface area contributed by atoms with Crippen LogP contribution in [0.3, 0.4) is 0 Å². The number of anilines is 2. The van der Waals surface area contributed by atoms with Crippen LogP contribution < -0.4 is 10.6 Å². The molecule has 0 fully saturated rings. The van der Waals surface area contributed by atoms with Crippen molar-refractivity contribution in [2.45, 2.75) is 33.2 Å². The monoisotopic (exact) mass is 284 g/mol. The zero-order valence-corrected chi connectivity index (χ0v) is 12.6. The number of rotatable bonds is 5. The number of aryl methyl sites for hydroxylation is 1.